The second kappa shape index (κ2) is 8.08. The van der Waals surface area contributed by atoms with Gasteiger partial charge in [0.2, 0.25) is 5.75 Å². The van der Waals surface area contributed by atoms with Crippen LogP contribution in [0.25, 0.3) is 11.3 Å². The zero-order valence-electron chi connectivity index (χ0n) is 16.6. The molecule has 0 spiro atoms. The second-order valence-electron chi connectivity index (χ2n) is 6.35. The first kappa shape index (κ1) is 19.4. The molecule has 0 N–H and O–H groups in total. The maximum absolute atomic E-state index is 13.4. The number of hydrogen-bond acceptors (Lipinski definition) is 6. The van der Waals surface area contributed by atoms with E-state index in [4.69, 9.17) is 18.6 Å². The van der Waals surface area contributed by atoms with Gasteiger partial charge in [0.05, 0.1) is 27.6 Å². The molecule has 3 rings (SSSR count). The minimum Gasteiger partial charge on any atom is -0.493 e. The molecule has 28 heavy (non-hydrogen) atoms. The molecule has 0 aliphatic rings. The number of furan rings is 1. The smallest absolute Gasteiger partial charge is 0.203 e. The van der Waals surface area contributed by atoms with Crippen molar-refractivity contribution in [2.24, 2.45) is 0 Å². The Bertz CT molecular complexity index is 952. The van der Waals surface area contributed by atoms with E-state index in [-0.39, 0.29) is 5.78 Å². The number of anilines is 1. The topological polar surface area (TPSA) is 61.1 Å². The van der Waals surface area contributed by atoms with Crippen LogP contribution in [0, 0.1) is 0 Å². The molecule has 0 amide bonds. The number of rotatable bonds is 7. The number of nitrogens with zero attached hydrogens (tertiary/aromatic N) is 1. The summed E-state index contributed by atoms with van der Waals surface area (Å²) in [5.41, 5.74) is 2.61. The molecule has 0 aliphatic carbocycles. The van der Waals surface area contributed by atoms with Crippen LogP contribution in [-0.2, 0) is 0 Å². The van der Waals surface area contributed by atoms with Crippen molar-refractivity contribution in [3.05, 3.63) is 59.9 Å². The van der Waals surface area contributed by atoms with E-state index in [1.165, 1.54) is 21.3 Å². The molecule has 0 radical (unpaired) electrons. The average molecular weight is 381 g/mol. The molecule has 6 nitrogen and oxygen atoms in total. The van der Waals surface area contributed by atoms with Gasteiger partial charge in [-0.25, -0.2) is 0 Å². The van der Waals surface area contributed by atoms with Gasteiger partial charge >= 0.3 is 0 Å². The average Bonchev–Trinajstić information content (AvgIpc) is 3.26. The Morgan fingerprint density at radius 2 is 1.61 bits per heavy atom. The van der Waals surface area contributed by atoms with Gasteiger partial charge in [0.1, 0.15) is 5.76 Å². The highest BCUT2D eigenvalue weighted by atomic mass is 16.5. The lowest BCUT2D eigenvalue weighted by molar-refractivity contribution is 0.103. The van der Waals surface area contributed by atoms with Crippen LogP contribution in [0.5, 0.6) is 17.2 Å². The van der Waals surface area contributed by atoms with Gasteiger partial charge in [0, 0.05) is 36.5 Å². The normalized spacial score (nSPS) is 10.5. The zero-order chi connectivity index (χ0) is 20.3. The van der Waals surface area contributed by atoms with Crippen molar-refractivity contribution >= 4 is 11.5 Å². The number of hydrogen-bond donors (Lipinski definition) is 0. The lowest BCUT2D eigenvalue weighted by Gasteiger charge is -2.19. The lowest BCUT2D eigenvalue weighted by atomic mass is 9.97. The summed E-state index contributed by atoms with van der Waals surface area (Å²) in [5.74, 6) is 1.84. The van der Waals surface area contributed by atoms with E-state index in [2.05, 4.69) is 0 Å². The number of carbonyl (C=O) groups excluding carboxylic acids is 1. The molecule has 0 saturated heterocycles. The van der Waals surface area contributed by atoms with Crippen molar-refractivity contribution in [1.29, 1.82) is 0 Å². The van der Waals surface area contributed by atoms with Crippen molar-refractivity contribution < 1.29 is 23.4 Å². The molecule has 0 atom stereocenters. The van der Waals surface area contributed by atoms with Gasteiger partial charge in [-0.15, -0.1) is 0 Å². The van der Waals surface area contributed by atoms with Crippen LogP contribution in [0.1, 0.15) is 15.9 Å². The number of carbonyl (C=O) groups is 1. The van der Waals surface area contributed by atoms with Crippen LogP contribution in [0.15, 0.2) is 53.1 Å². The third kappa shape index (κ3) is 3.53. The molecule has 146 valence electrons. The Kier molecular flexibility index (Phi) is 5.59. The summed E-state index contributed by atoms with van der Waals surface area (Å²) in [6.07, 6.45) is 1.61. The van der Waals surface area contributed by atoms with Crippen LogP contribution in [-0.4, -0.2) is 41.2 Å². The molecule has 0 bridgehead atoms. The highest BCUT2D eigenvalue weighted by molar-refractivity contribution is 6.13. The standard InChI is InChI=1S/C22H23NO5/c1-23(2)17-9-8-14(18-7-6-10-28-18)11-16(17)21(24)15-12-19(25-3)22(27-5)20(13-15)26-4/h6-13H,1-5H3. The summed E-state index contributed by atoms with van der Waals surface area (Å²) >= 11 is 0. The Hall–Kier alpha value is -3.41. The van der Waals surface area contributed by atoms with Gasteiger partial charge in [-0.2, -0.15) is 0 Å². The zero-order valence-corrected chi connectivity index (χ0v) is 16.6. The quantitative estimate of drug-likeness (QED) is 0.570. The molecule has 1 aromatic heterocycles. The first-order valence-corrected chi connectivity index (χ1v) is 8.70. The van der Waals surface area contributed by atoms with Gasteiger partial charge in [-0.3, -0.25) is 4.79 Å². The first-order valence-electron chi connectivity index (χ1n) is 8.70. The Morgan fingerprint density at radius 1 is 0.929 bits per heavy atom. The minimum atomic E-state index is -0.156. The molecule has 6 heteroatoms. The minimum absolute atomic E-state index is 0.156. The molecule has 0 saturated carbocycles. The SMILES string of the molecule is COc1cc(C(=O)c2cc(-c3ccco3)ccc2N(C)C)cc(OC)c1OC. The fraction of sp³-hybridized carbons (Fsp3) is 0.227. The molecule has 0 unspecified atom stereocenters. The third-order valence-electron chi connectivity index (χ3n) is 4.46. The van der Waals surface area contributed by atoms with E-state index in [9.17, 15) is 4.79 Å². The Morgan fingerprint density at radius 3 is 2.11 bits per heavy atom. The second-order valence-corrected chi connectivity index (χ2v) is 6.35. The highest BCUT2D eigenvalue weighted by Crippen LogP contribution is 2.39. The van der Waals surface area contributed by atoms with Crippen molar-refractivity contribution in [2.45, 2.75) is 0 Å². The summed E-state index contributed by atoms with van der Waals surface area (Å²) in [4.78, 5) is 15.3. The number of methoxy groups -OCH3 is 3. The molecule has 3 aromatic rings. The monoisotopic (exact) mass is 381 g/mol. The number of ketones is 1. The highest BCUT2D eigenvalue weighted by Gasteiger charge is 2.21. The van der Waals surface area contributed by atoms with Crippen LogP contribution in [0.3, 0.4) is 0 Å². The fourth-order valence-electron chi connectivity index (χ4n) is 3.07. The van der Waals surface area contributed by atoms with Crippen molar-refractivity contribution in [1.82, 2.24) is 0 Å². The summed E-state index contributed by atoms with van der Waals surface area (Å²) in [6.45, 7) is 0. The number of ether oxygens (including phenoxy) is 3. The predicted molar refractivity (Wildman–Crippen MR) is 108 cm³/mol. The maximum atomic E-state index is 13.4. The summed E-state index contributed by atoms with van der Waals surface area (Å²) in [7, 11) is 8.36. The van der Waals surface area contributed by atoms with Crippen LogP contribution in [0.4, 0.5) is 5.69 Å². The van der Waals surface area contributed by atoms with Gasteiger partial charge in [0.25, 0.3) is 0 Å². The first-order chi connectivity index (χ1) is 13.5. The van der Waals surface area contributed by atoms with Crippen molar-refractivity contribution in [3.63, 3.8) is 0 Å². The third-order valence-corrected chi connectivity index (χ3v) is 4.46. The van der Waals surface area contributed by atoms with Crippen LogP contribution in [0.2, 0.25) is 0 Å². The van der Waals surface area contributed by atoms with E-state index in [1.54, 1.807) is 18.4 Å². The van der Waals surface area contributed by atoms with Crippen molar-refractivity contribution in [3.8, 4) is 28.6 Å². The van der Waals surface area contributed by atoms with E-state index in [0.717, 1.165) is 11.3 Å². The summed E-state index contributed by atoms with van der Waals surface area (Å²) in [5, 5.41) is 0. The lowest BCUT2D eigenvalue weighted by Crippen LogP contribution is -2.15. The largest absolute Gasteiger partial charge is 0.493 e. The summed E-state index contributed by atoms with van der Waals surface area (Å²) < 4.78 is 21.6. The van der Waals surface area contributed by atoms with Gasteiger partial charge in [-0.05, 0) is 42.5 Å². The number of benzene rings is 2. The fourth-order valence-corrected chi connectivity index (χ4v) is 3.07. The van der Waals surface area contributed by atoms with Crippen LogP contribution < -0.4 is 19.1 Å². The molecular weight excluding hydrogens is 358 g/mol. The van der Waals surface area contributed by atoms with E-state index < -0.39 is 0 Å². The van der Waals surface area contributed by atoms with Gasteiger partial charge in [0.15, 0.2) is 17.3 Å². The van der Waals surface area contributed by atoms with E-state index >= 15 is 0 Å². The van der Waals surface area contributed by atoms with Gasteiger partial charge < -0.3 is 23.5 Å². The maximum Gasteiger partial charge on any atom is 0.203 e. The predicted octanol–water partition coefficient (Wildman–Crippen LogP) is 4.27. The Balaban J connectivity index is 2.15. The van der Waals surface area contributed by atoms with E-state index in [1.807, 2.05) is 49.3 Å². The molecule has 0 aliphatic heterocycles. The molecular formula is C22H23NO5. The van der Waals surface area contributed by atoms with E-state index in [0.29, 0.717) is 34.1 Å². The van der Waals surface area contributed by atoms with Crippen molar-refractivity contribution in [2.75, 3.05) is 40.3 Å². The van der Waals surface area contributed by atoms with Gasteiger partial charge in [-0.1, -0.05) is 0 Å². The molecule has 0 fully saturated rings. The Labute approximate surface area is 164 Å². The van der Waals surface area contributed by atoms with Crippen LogP contribution >= 0.6 is 0 Å². The molecule has 1 heterocycles. The molecule has 2 aromatic carbocycles. The summed E-state index contributed by atoms with van der Waals surface area (Å²) in [6, 6.07) is 12.7.